The first-order valence-electron chi connectivity index (χ1n) is 15.4. The van der Waals surface area contributed by atoms with Crippen molar-refractivity contribution >= 4 is 43.4 Å². The minimum absolute atomic E-state index is 0.947. The molecule has 6 aromatic carbocycles. The van der Waals surface area contributed by atoms with E-state index in [9.17, 15) is 0 Å². The quantitative estimate of drug-likeness (QED) is 0.195. The number of pyridine rings is 1. The molecule has 0 spiro atoms. The topological polar surface area (TPSA) is 30.7 Å². The number of hydrogen-bond donors (Lipinski definition) is 0. The van der Waals surface area contributed by atoms with Crippen molar-refractivity contribution in [3.05, 3.63) is 164 Å². The average molecular weight is 606 g/mol. The van der Waals surface area contributed by atoms with Crippen LogP contribution in [0.1, 0.15) is 0 Å². The summed E-state index contributed by atoms with van der Waals surface area (Å²) in [7, 11) is 0. The zero-order chi connectivity index (χ0) is 30.5. The van der Waals surface area contributed by atoms with E-state index in [-0.39, 0.29) is 0 Å². The van der Waals surface area contributed by atoms with Gasteiger partial charge in [-0.15, -0.1) is 11.3 Å². The summed E-state index contributed by atoms with van der Waals surface area (Å²) in [6.45, 7) is 0. The summed E-state index contributed by atoms with van der Waals surface area (Å²) in [5, 5.41) is 3.49. The van der Waals surface area contributed by atoms with Gasteiger partial charge in [-0.1, -0.05) is 115 Å². The molecule has 0 saturated carbocycles. The Morgan fingerprint density at radius 3 is 1.93 bits per heavy atom. The normalized spacial score (nSPS) is 11.5. The summed E-state index contributed by atoms with van der Waals surface area (Å²) in [4.78, 5) is 10.1. The minimum atomic E-state index is 0.947. The van der Waals surface area contributed by atoms with Crippen molar-refractivity contribution in [2.45, 2.75) is 0 Å². The molecule has 0 amide bonds. The molecule has 9 rings (SSSR count). The smallest absolute Gasteiger partial charge is 0.124 e. The summed E-state index contributed by atoms with van der Waals surface area (Å²) >= 11 is 1.74. The first-order valence-corrected chi connectivity index (χ1v) is 16.2. The van der Waals surface area contributed by atoms with Gasteiger partial charge in [-0.2, -0.15) is 0 Å². The summed E-state index contributed by atoms with van der Waals surface area (Å²) in [6.07, 6.45) is 0. The SMILES string of the molecule is c1ccc(-c2ccc(-c3cccc(-c4cccc(-n5c6ccccc6c6ccc(-c7nc8ccccc8s7)cc65)c4)n3)cc2)cc1. The highest BCUT2D eigenvalue weighted by Crippen LogP contribution is 2.37. The molecule has 0 N–H and O–H groups in total. The lowest BCUT2D eigenvalue weighted by Crippen LogP contribution is -1.95. The van der Waals surface area contributed by atoms with Crippen LogP contribution in [-0.4, -0.2) is 14.5 Å². The zero-order valence-electron chi connectivity index (χ0n) is 24.8. The van der Waals surface area contributed by atoms with E-state index in [0.29, 0.717) is 0 Å². The molecule has 0 aliphatic heterocycles. The molecule has 216 valence electrons. The first-order chi connectivity index (χ1) is 22.8. The van der Waals surface area contributed by atoms with Gasteiger partial charge < -0.3 is 4.57 Å². The molecular formula is C42H27N3S. The molecule has 3 aromatic heterocycles. The van der Waals surface area contributed by atoms with E-state index in [1.165, 1.54) is 32.1 Å². The molecule has 3 heterocycles. The van der Waals surface area contributed by atoms with Crippen LogP contribution in [0.3, 0.4) is 0 Å². The molecule has 3 nitrogen and oxygen atoms in total. The van der Waals surface area contributed by atoms with Crippen LogP contribution in [0, 0.1) is 0 Å². The van der Waals surface area contributed by atoms with E-state index in [1.807, 2.05) is 12.1 Å². The molecular weight excluding hydrogens is 579 g/mol. The van der Waals surface area contributed by atoms with Crippen LogP contribution in [0.2, 0.25) is 0 Å². The second-order valence-electron chi connectivity index (χ2n) is 11.5. The maximum absolute atomic E-state index is 5.12. The summed E-state index contributed by atoms with van der Waals surface area (Å²) < 4.78 is 3.57. The minimum Gasteiger partial charge on any atom is -0.309 e. The Kier molecular flexibility index (Phi) is 6.32. The van der Waals surface area contributed by atoms with Crippen LogP contribution in [0.25, 0.3) is 81.9 Å². The molecule has 0 bridgehead atoms. The molecule has 0 atom stereocenters. The monoisotopic (exact) mass is 605 g/mol. The fraction of sp³-hybridized carbons (Fsp3) is 0. The summed E-state index contributed by atoms with van der Waals surface area (Å²) in [5.41, 5.74) is 12.1. The van der Waals surface area contributed by atoms with Crippen molar-refractivity contribution in [1.29, 1.82) is 0 Å². The standard InChI is InChI=1S/C42H27N3S/c1-2-10-28(11-3-1)29-20-22-30(23-21-29)36-16-9-17-37(43-36)31-12-8-13-33(26-31)45-39-18-6-4-14-34(39)35-25-24-32(27-40(35)45)42-44-38-15-5-7-19-41(38)46-42/h1-27H. The number of thiazole rings is 1. The maximum Gasteiger partial charge on any atom is 0.124 e. The fourth-order valence-electron chi connectivity index (χ4n) is 6.40. The van der Waals surface area contributed by atoms with Gasteiger partial charge in [0.2, 0.25) is 0 Å². The van der Waals surface area contributed by atoms with E-state index in [2.05, 4.69) is 156 Å². The Morgan fingerprint density at radius 1 is 0.413 bits per heavy atom. The van der Waals surface area contributed by atoms with Gasteiger partial charge in [-0.25, -0.2) is 9.97 Å². The maximum atomic E-state index is 5.12. The average Bonchev–Trinajstić information content (AvgIpc) is 3.72. The molecule has 0 radical (unpaired) electrons. The Balaban J connectivity index is 1.13. The van der Waals surface area contributed by atoms with Crippen molar-refractivity contribution in [3.63, 3.8) is 0 Å². The first kappa shape index (κ1) is 26.6. The number of para-hydroxylation sites is 2. The molecule has 46 heavy (non-hydrogen) atoms. The Bertz CT molecular complexity index is 2490. The molecule has 0 saturated heterocycles. The van der Waals surface area contributed by atoms with E-state index in [4.69, 9.17) is 9.97 Å². The predicted molar refractivity (Wildman–Crippen MR) is 193 cm³/mol. The van der Waals surface area contributed by atoms with Crippen LogP contribution in [0.15, 0.2) is 164 Å². The lowest BCUT2D eigenvalue weighted by molar-refractivity contribution is 1.18. The van der Waals surface area contributed by atoms with Gasteiger partial charge >= 0.3 is 0 Å². The van der Waals surface area contributed by atoms with E-state index in [0.717, 1.165) is 49.8 Å². The van der Waals surface area contributed by atoms with E-state index >= 15 is 0 Å². The van der Waals surface area contributed by atoms with E-state index in [1.54, 1.807) is 11.3 Å². The van der Waals surface area contributed by atoms with Crippen molar-refractivity contribution in [1.82, 2.24) is 14.5 Å². The van der Waals surface area contributed by atoms with Crippen LogP contribution in [-0.2, 0) is 0 Å². The lowest BCUT2D eigenvalue weighted by Gasteiger charge is -2.11. The fourth-order valence-corrected chi connectivity index (χ4v) is 7.36. The molecule has 0 aliphatic carbocycles. The van der Waals surface area contributed by atoms with Gasteiger partial charge in [0.15, 0.2) is 0 Å². The van der Waals surface area contributed by atoms with Crippen LogP contribution < -0.4 is 0 Å². The third kappa shape index (κ3) is 4.59. The number of rotatable bonds is 5. The molecule has 9 aromatic rings. The largest absolute Gasteiger partial charge is 0.309 e. The molecule has 4 heteroatoms. The molecule has 0 fully saturated rings. The highest BCUT2D eigenvalue weighted by Gasteiger charge is 2.15. The number of benzene rings is 6. The van der Waals surface area contributed by atoms with Gasteiger partial charge in [-0.05, 0) is 59.7 Å². The van der Waals surface area contributed by atoms with Gasteiger partial charge in [0, 0.05) is 33.2 Å². The van der Waals surface area contributed by atoms with Gasteiger partial charge in [-0.3, -0.25) is 0 Å². The van der Waals surface area contributed by atoms with Crippen molar-refractivity contribution in [3.8, 4) is 49.9 Å². The number of hydrogen-bond acceptors (Lipinski definition) is 3. The zero-order valence-corrected chi connectivity index (χ0v) is 25.7. The summed E-state index contributed by atoms with van der Waals surface area (Å²) in [6, 6.07) is 57.9. The third-order valence-electron chi connectivity index (χ3n) is 8.65. The Morgan fingerprint density at radius 2 is 1.07 bits per heavy atom. The Hall–Kier alpha value is -5.84. The van der Waals surface area contributed by atoms with Gasteiger partial charge in [0.1, 0.15) is 5.01 Å². The predicted octanol–water partition coefficient (Wildman–Crippen LogP) is 11.5. The van der Waals surface area contributed by atoms with Crippen molar-refractivity contribution in [2.24, 2.45) is 0 Å². The van der Waals surface area contributed by atoms with E-state index < -0.39 is 0 Å². The van der Waals surface area contributed by atoms with Crippen LogP contribution in [0.5, 0.6) is 0 Å². The van der Waals surface area contributed by atoms with Gasteiger partial charge in [0.05, 0.1) is 32.6 Å². The lowest BCUT2D eigenvalue weighted by atomic mass is 10.0. The second-order valence-corrected chi connectivity index (χ2v) is 12.5. The Labute approximate surface area is 270 Å². The van der Waals surface area contributed by atoms with Crippen molar-refractivity contribution in [2.75, 3.05) is 0 Å². The number of fused-ring (bicyclic) bond motifs is 4. The highest BCUT2D eigenvalue weighted by molar-refractivity contribution is 7.21. The van der Waals surface area contributed by atoms with Crippen LogP contribution in [0.4, 0.5) is 0 Å². The van der Waals surface area contributed by atoms with Gasteiger partial charge in [0.25, 0.3) is 0 Å². The summed E-state index contributed by atoms with van der Waals surface area (Å²) in [5.74, 6) is 0. The van der Waals surface area contributed by atoms with Crippen LogP contribution >= 0.6 is 11.3 Å². The van der Waals surface area contributed by atoms with Crippen molar-refractivity contribution < 1.29 is 0 Å². The molecule has 0 unspecified atom stereocenters. The number of aromatic nitrogens is 3. The second kappa shape index (κ2) is 11.0. The third-order valence-corrected chi connectivity index (χ3v) is 9.74. The highest BCUT2D eigenvalue weighted by atomic mass is 32.1. The number of nitrogens with zero attached hydrogens (tertiary/aromatic N) is 3. The molecule has 0 aliphatic rings.